The van der Waals surface area contributed by atoms with E-state index in [1.807, 2.05) is 6.92 Å². The third-order valence-corrected chi connectivity index (χ3v) is 6.84. The van der Waals surface area contributed by atoms with Crippen molar-refractivity contribution in [3.05, 3.63) is 58.5 Å². The molecule has 0 aromatic rings. The van der Waals surface area contributed by atoms with Crippen molar-refractivity contribution in [1.82, 2.24) is 5.32 Å². The van der Waals surface area contributed by atoms with E-state index in [1.54, 1.807) is 26.0 Å². The van der Waals surface area contributed by atoms with Crippen molar-refractivity contribution in [2.45, 2.75) is 65.0 Å². The van der Waals surface area contributed by atoms with Crippen LogP contribution in [-0.4, -0.2) is 67.3 Å². The van der Waals surface area contributed by atoms with Crippen molar-refractivity contribution in [3.8, 4) is 0 Å². The fourth-order valence-corrected chi connectivity index (χ4v) is 4.61. The topological polar surface area (TPSA) is 180 Å². The second-order valence-electron chi connectivity index (χ2n) is 9.97. The maximum atomic E-state index is 13.2. The van der Waals surface area contributed by atoms with E-state index in [-0.39, 0.29) is 34.9 Å². The van der Waals surface area contributed by atoms with Crippen LogP contribution >= 0.6 is 0 Å². The molecule has 0 aromatic carbocycles. The predicted molar refractivity (Wildman–Crippen MR) is 144 cm³/mol. The molecule has 2 amide bonds. The molecule has 11 nitrogen and oxygen atoms in total. The minimum absolute atomic E-state index is 0.104. The summed E-state index contributed by atoms with van der Waals surface area (Å²) in [4.78, 5) is 50.1. The van der Waals surface area contributed by atoms with E-state index in [0.717, 1.165) is 6.08 Å². The van der Waals surface area contributed by atoms with E-state index >= 15 is 0 Å². The van der Waals surface area contributed by atoms with Gasteiger partial charge in [0.15, 0.2) is 6.10 Å². The number of ketones is 2. The Morgan fingerprint density at radius 2 is 1.79 bits per heavy atom. The van der Waals surface area contributed by atoms with Crippen molar-refractivity contribution in [3.63, 3.8) is 0 Å². The molecule has 0 spiro atoms. The molecule has 0 aromatic heterocycles. The van der Waals surface area contributed by atoms with Gasteiger partial charge < -0.3 is 36.1 Å². The van der Waals surface area contributed by atoms with Crippen molar-refractivity contribution < 1.29 is 38.5 Å². The highest BCUT2D eigenvalue weighted by molar-refractivity contribution is 6.23. The van der Waals surface area contributed by atoms with Crippen molar-refractivity contribution in [1.29, 1.82) is 0 Å². The molecule has 0 saturated carbocycles. The molecule has 2 aliphatic rings. The molecule has 6 N–H and O–H groups in total. The largest absolute Gasteiger partial charge is 0.439 e. The number of aliphatic hydroxyl groups is 1. The van der Waals surface area contributed by atoms with Crippen LogP contribution in [0.1, 0.15) is 40.5 Å². The zero-order valence-corrected chi connectivity index (χ0v) is 23.2. The van der Waals surface area contributed by atoms with E-state index in [0.29, 0.717) is 12.0 Å². The Balaban J connectivity index is 2.58. The number of amides is 2. The first-order valence-corrected chi connectivity index (χ1v) is 12.6. The van der Waals surface area contributed by atoms with Gasteiger partial charge in [0.25, 0.3) is 5.91 Å². The molecule has 11 heteroatoms. The summed E-state index contributed by atoms with van der Waals surface area (Å²) < 4.78 is 16.4. The number of aliphatic hydroxyl groups excluding tert-OH is 1. The lowest BCUT2D eigenvalue weighted by Gasteiger charge is -2.29. The SMILES string of the molecule is COC1C[C@H](C)CC2=C(N)C(=O)C=C(NC(=O)/C(C)=C/C=C\[C@H](OC)C(OC(N)=O)/C(C)=C/[C@H](C)[C@H]1O)C2=O. The Morgan fingerprint density at radius 3 is 2.38 bits per heavy atom. The average Bonchev–Trinajstić information content (AvgIpc) is 2.88. The molecule has 0 fully saturated rings. The Labute approximate surface area is 228 Å². The fourth-order valence-electron chi connectivity index (χ4n) is 4.61. The highest BCUT2D eigenvalue weighted by Crippen LogP contribution is 2.28. The van der Waals surface area contributed by atoms with Gasteiger partial charge in [-0.05, 0) is 38.2 Å². The van der Waals surface area contributed by atoms with Crippen LogP contribution < -0.4 is 16.8 Å². The number of nitrogens with one attached hydrogen (secondary N) is 1. The molecule has 214 valence electrons. The lowest BCUT2D eigenvalue weighted by Crippen LogP contribution is -2.37. The van der Waals surface area contributed by atoms with Gasteiger partial charge in [0.2, 0.25) is 11.6 Å². The number of hydrogen-bond acceptors (Lipinski definition) is 9. The third kappa shape index (κ3) is 8.22. The Bertz CT molecular complexity index is 1130. The number of fused-ring (bicyclic) bond motifs is 2. The molecule has 1 aliphatic carbocycles. The lowest BCUT2D eigenvalue weighted by atomic mass is 9.85. The number of methoxy groups -OCH3 is 2. The monoisotopic (exact) mass is 545 g/mol. The molecule has 6 atom stereocenters. The van der Waals surface area contributed by atoms with Crippen molar-refractivity contribution >= 4 is 23.6 Å². The molecule has 2 bridgehead atoms. The summed E-state index contributed by atoms with van der Waals surface area (Å²) in [7, 11) is 2.90. The van der Waals surface area contributed by atoms with Gasteiger partial charge in [-0.2, -0.15) is 0 Å². The molecular weight excluding hydrogens is 506 g/mol. The smallest absolute Gasteiger partial charge is 0.405 e. The van der Waals surface area contributed by atoms with E-state index in [2.05, 4.69) is 5.32 Å². The number of nitrogens with two attached hydrogens (primary N) is 2. The number of carbonyl (C=O) groups is 4. The summed E-state index contributed by atoms with van der Waals surface area (Å²) >= 11 is 0. The average molecular weight is 546 g/mol. The zero-order valence-electron chi connectivity index (χ0n) is 23.2. The Hall–Kier alpha value is -3.54. The highest BCUT2D eigenvalue weighted by Gasteiger charge is 2.32. The second-order valence-corrected chi connectivity index (χ2v) is 9.97. The number of allylic oxidation sites excluding steroid dienone is 4. The van der Waals surface area contributed by atoms with Gasteiger partial charge >= 0.3 is 6.09 Å². The summed E-state index contributed by atoms with van der Waals surface area (Å²) in [5.74, 6) is -2.37. The predicted octanol–water partition coefficient (Wildman–Crippen LogP) is 1.72. The minimum atomic E-state index is -1.00. The molecule has 2 rings (SSSR count). The second kappa shape index (κ2) is 14.0. The van der Waals surface area contributed by atoms with E-state index < -0.39 is 53.9 Å². The molecule has 0 saturated heterocycles. The summed E-state index contributed by atoms with van der Waals surface area (Å²) in [5, 5.41) is 13.6. The van der Waals surface area contributed by atoms with Gasteiger partial charge in [0.1, 0.15) is 6.10 Å². The van der Waals surface area contributed by atoms with E-state index in [1.165, 1.54) is 33.3 Å². The number of Topliss-reactive ketones (excluding diaryl/α,β-unsaturated/α-hetero) is 1. The Morgan fingerprint density at radius 1 is 1.13 bits per heavy atom. The summed E-state index contributed by atoms with van der Waals surface area (Å²) in [6, 6.07) is 0. The van der Waals surface area contributed by atoms with Crippen LogP contribution in [-0.2, 0) is 28.6 Å². The normalized spacial score (nSPS) is 33.3. The van der Waals surface area contributed by atoms with E-state index in [9.17, 15) is 24.3 Å². The number of rotatable bonds is 3. The highest BCUT2D eigenvalue weighted by atomic mass is 16.6. The standard InChI is InChI=1S/C28H39N3O8/c1-14-10-18-23(29)20(32)13-19(25(18)34)31-27(35)15(2)8-7-9-21(37-5)26(39-28(30)36)17(4)12-16(3)24(33)22(11-14)38-6/h7-9,12-14,16,21-22,24,26,33H,10-11,29H2,1-6H3,(H2,30,36)(H,31,35)/b9-7-,15-8+,17-12+/t14-,16+,21+,22?,24-,26?/m1/s1. The molecule has 2 unspecified atom stereocenters. The van der Waals surface area contributed by atoms with E-state index in [4.69, 9.17) is 25.7 Å². The first-order valence-electron chi connectivity index (χ1n) is 12.6. The lowest BCUT2D eigenvalue weighted by molar-refractivity contribution is -0.120. The van der Waals surface area contributed by atoms with Crippen LogP contribution in [0.2, 0.25) is 0 Å². The van der Waals surface area contributed by atoms with Crippen LogP contribution in [0, 0.1) is 11.8 Å². The summed E-state index contributed by atoms with van der Waals surface area (Å²) in [6.45, 7) is 6.89. The summed E-state index contributed by atoms with van der Waals surface area (Å²) in [6.07, 6.45) is 3.55. The molecule has 1 heterocycles. The van der Waals surface area contributed by atoms with Gasteiger partial charge in [-0.1, -0.05) is 38.2 Å². The number of hydrogen-bond donors (Lipinski definition) is 4. The van der Waals surface area contributed by atoms with Crippen molar-refractivity contribution in [2.75, 3.05) is 14.2 Å². The third-order valence-electron chi connectivity index (χ3n) is 6.84. The van der Waals surface area contributed by atoms with Crippen LogP contribution in [0.4, 0.5) is 4.79 Å². The van der Waals surface area contributed by atoms with Crippen LogP contribution in [0.25, 0.3) is 0 Å². The van der Waals surface area contributed by atoms with Gasteiger partial charge in [-0.15, -0.1) is 0 Å². The van der Waals surface area contributed by atoms with Gasteiger partial charge in [0, 0.05) is 37.4 Å². The first kappa shape index (κ1) is 31.7. The van der Waals surface area contributed by atoms with Crippen molar-refractivity contribution in [2.24, 2.45) is 23.3 Å². The maximum Gasteiger partial charge on any atom is 0.405 e. The van der Waals surface area contributed by atoms with Crippen LogP contribution in [0.3, 0.4) is 0 Å². The number of ether oxygens (including phenoxy) is 3. The van der Waals surface area contributed by atoms with Crippen LogP contribution in [0.15, 0.2) is 58.5 Å². The molecular formula is C28H39N3O8. The number of primary amides is 1. The molecule has 39 heavy (non-hydrogen) atoms. The van der Waals surface area contributed by atoms with Gasteiger partial charge in [-0.3, -0.25) is 14.4 Å². The zero-order chi connectivity index (χ0) is 29.4. The Kier molecular flexibility index (Phi) is 11.4. The maximum absolute atomic E-state index is 13.2. The van der Waals surface area contributed by atoms with Gasteiger partial charge in [0.05, 0.1) is 23.6 Å². The fraction of sp³-hybridized carbons (Fsp3) is 0.500. The van der Waals surface area contributed by atoms with Gasteiger partial charge in [-0.25, -0.2) is 4.79 Å². The first-order chi connectivity index (χ1) is 18.3. The molecule has 1 aliphatic heterocycles. The quantitative estimate of drug-likeness (QED) is 0.303. The molecule has 0 radical (unpaired) electrons. The minimum Gasteiger partial charge on any atom is -0.439 e. The number of carbonyl (C=O) groups excluding carboxylic acids is 4. The summed E-state index contributed by atoms with van der Waals surface area (Å²) in [5.41, 5.74) is 11.9. The van der Waals surface area contributed by atoms with Crippen LogP contribution in [0.5, 0.6) is 0 Å².